The summed E-state index contributed by atoms with van der Waals surface area (Å²) in [5.74, 6) is -0.133. The Morgan fingerprint density at radius 1 is 1.48 bits per heavy atom. The fourth-order valence-electron chi connectivity index (χ4n) is 3.31. The smallest absolute Gasteiger partial charge is 0.476 e. The van der Waals surface area contributed by atoms with Gasteiger partial charge in [0.25, 0.3) is 0 Å². The molecule has 29 heavy (non-hydrogen) atoms. The van der Waals surface area contributed by atoms with Gasteiger partial charge in [-0.25, -0.2) is 4.98 Å². The van der Waals surface area contributed by atoms with Crippen LogP contribution in [0.4, 0.5) is 5.95 Å². The van der Waals surface area contributed by atoms with Crippen LogP contribution in [-0.4, -0.2) is 56.3 Å². The lowest BCUT2D eigenvalue weighted by molar-refractivity contribution is -0.141. The van der Waals surface area contributed by atoms with Crippen LogP contribution in [0, 0.1) is 5.92 Å². The minimum absolute atomic E-state index is 0.0364. The number of nitrogen functional groups attached to an aromatic ring is 1. The third-order valence-electron chi connectivity index (χ3n) is 4.43. The molecule has 13 heteroatoms. The first-order chi connectivity index (χ1) is 13.9. The highest BCUT2D eigenvalue weighted by atomic mass is 31.1. The van der Waals surface area contributed by atoms with Crippen molar-refractivity contribution in [2.24, 2.45) is 5.92 Å². The van der Waals surface area contributed by atoms with Gasteiger partial charge >= 0.3 is 14.2 Å². The molecule has 1 aliphatic rings. The average Bonchev–Trinajstić information content (AvgIpc) is 3.23. The van der Waals surface area contributed by atoms with Gasteiger partial charge in [-0.15, -0.1) is 9.42 Å². The summed E-state index contributed by atoms with van der Waals surface area (Å²) in [7, 11) is -2.72. The van der Waals surface area contributed by atoms with Crippen molar-refractivity contribution < 1.29 is 33.0 Å². The van der Waals surface area contributed by atoms with E-state index in [0.717, 1.165) is 0 Å². The summed E-state index contributed by atoms with van der Waals surface area (Å²) in [6, 6.07) is 0. The van der Waals surface area contributed by atoms with E-state index >= 15 is 0 Å². The minimum Gasteiger partial charge on any atom is -0.476 e. The molecule has 2 aromatic heterocycles. The second-order valence-electron chi connectivity index (χ2n) is 6.45. The van der Waals surface area contributed by atoms with Crippen molar-refractivity contribution in [1.82, 2.24) is 19.5 Å². The van der Waals surface area contributed by atoms with E-state index in [0.29, 0.717) is 30.6 Å². The van der Waals surface area contributed by atoms with Crippen molar-refractivity contribution >= 4 is 31.3 Å². The van der Waals surface area contributed by atoms with Crippen molar-refractivity contribution in [1.29, 1.82) is 0 Å². The van der Waals surface area contributed by atoms with Crippen LogP contribution in [0.1, 0.15) is 32.9 Å². The lowest BCUT2D eigenvalue weighted by atomic mass is 10.00. The molecule has 4 atom stereocenters. The van der Waals surface area contributed by atoms with Gasteiger partial charge in [-0.2, -0.15) is 9.97 Å². The number of carbonyl (C=O) groups is 1. The molecule has 1 aliphatic heterocycles. The maximum absolute atomic E-state index is 11.1. The van der Waals surface area contributed by atoms with Gasteiger partial charge in [-0.3, -0.25) is 9.36 Å². The molecule has 3 rings (SSSR count). The molecule has 1 saturated heterocycles. The van der Waals surface area contributed by atoms with E-state index in [-0.39, 0.29) is 36.9 Å². The SMILES string of the molecule is CCOc1nc(N)nc2c1ncn2C1OC(CO[P+](=O)O)CC1CCOC(C)=O. The third-order valence-corrected chi connectivity index (χ3v) is 4.80. The number of hydrogen-bond donors (Lipinski definition) is 2. The molecule has 0 amide bonds. The zero-order valence-corrected chi connectivity index (χ0v) is 16.9. The highest BCUT2D eigenvalue weighted by Crippen LogP contribution is 2.39. The molecular formula is C16H23N5O7P+. The molecule has 0 aliphatic carbocycles. The Bertz CT molecular complexity index is 892. The zero-order valence-electron chi connectivity index (χ0n) is 16.1. The lowest BCUT2D eigenvalue weighted by Gasteiger charge is -2.20. The Balaban J connectivity index is 1.87. The fourth-order valence-corrected chi connectivity index (χ4v) is 3.60. The molecule has 2 aromatic rings. The second-order valence-corrected chi connectivity index (χ2v) is 7.18. The first-order valence-corrected chi connectivity index (χ1v) is 10.2. The Morgan fingerprint density at radius 3 is 2.97 bits per heavy atom. The lowest BCUT2D eigenvalue weighted by Crippen LogP contribution is -2.18. The Labute approximate surface area is 167 Å². The molecule has 0 saturated carbocycles. The summed E-state index contributed by atoms with van der Waals surface area (Å²) in [4.78, 5) is 32.7. The van der Waals surface area contributed by atoms with E-state index < -0.39 is 20.6 Å². The molecule has 12 nitrogen and oxygen atoms in total. The number of carbonyl (C=O) groups excluding carboxylic acids is 1. The quantitative estimate of drug-likeness (QED) is 0.438. The monoisotopic (exact) mass is 428 g/mol. The fraction of sp³-hybridized carbons (Fsp3) is 0.625. The van der Waals surface area contributed by atoms with Crippen molar-refractivity contribution in [2.75, 3.05) is 25.6 Å². The van der Waals surface area contributed by atoms with E-state index in [9.17, 15) is 9.36 Å². The van der Waals surface area contributed by atoms with Gasteiger partial charge in [0.2, 0.25) is 11.8 Å². The normalized spacial score (nSPS) is 22.0. The van der Waals surface area contributed by atoms with E-state index in [2.05, 4.69) is 15.0 Å². The standard InChI is InChI=1S/C16H22N5O7P/c1-3-25-14-12-13(19-16(17)20-14)21(8-18-12)15-10(4-5-26-9(2)22)6-11(28-15)7-27-29(23)24/h8,10-11,15H,3-7H2,1-2H3,(H2-,17,19,20,23,24)/p+1. The topological polar surface area (TPSA) is 161 Å². The Kier molecular flexibility index (Phi) is 6.91. The maximum atomic E-state index is 11.1. The summed E-state index contributed by atoms with van der Waals surface area (Å²) in [5.41, 5.74) is 6.70. The van der Waals surface area contributed by atoms with Gasteiger partial charge in [0.15, 0.2) is 11.2 Å². The molecule has 0 bridgehead atoms. The maximum Gasteiger partial charge on any atom is 0.694 e. The molecule has 3 N–H and O–H groups in total. The number of esters is 1. The molecular weight excluding hydrogens is 405 g/mol. The number of imidazole rings is 1. The number of rotatable bonds is 9. The molecule has 0 aromatic carbocycles. The first kappa shape index (κ1) is 21.3. The van der Waals surface area contributed by atoms with Gasteiger partial charge in [-0.1, -0.05) is 0 Å². The van der Waals surface area contributed by atoms with Gasteiger partial charge in [0, 0.05) is 17.4 Å². The van der Waals surface area contributed by atoms with Crippen molar-refractivity contribution in [2.45, 2.75) is 39.0 Å². The highest BCUT2D eigenvalue weighted by molar-refractivity contribution is 7.32. The number of aromatic nitrogens is 4. The van der Waals surface area contributed by atoms with Gasteiger partial charge in [0.1, 0.15) is 12.8 Å². The van der Waals surface area contributed by atoms with Crippen LogP contribution >= 0.6 is 8.25 Å². The van der Waals surface area contributed by atoms with E-state index in [1.807, 2.05) is 6.92 Å². The number of ether oxygens (including phenoxy) is 3. The van der Waals surface area contributed by atoms with Crippen LogP contribution in [0.5, 0.6) is 5.88 Å². The summed E-state index contributed by atoms with van der Waals surface area (Å²) in [5, 5.41) is 0. The van der Waals surface area contributed by atoms with Crippen LogP contribution in [0.2, 0.25) is 0 Å². The number of nitrogens with zero attached hydrogens (tertiary/aromatic N) is 4. The van der Waals surface area contributed by atoms with Crippen LogP contribution in [0.15, 0.2) is 6.33 Å². The second kappa shape index (κ2) is 9.40. The predicted octanol–water partition coefficient (Wildman–Crippen LogP) is 1.33. The number of anilines is 1. The number of nitrogens with two attached hydrogens (primary N) is 1. The van der Waals surface area contributed by atoms with Crippen LogP contribution in [0.3, 0.4) is 0 Å². The minimum atomic E-state index is -2.72. The molecule has 4 unspecified atom stereocenters. The van der Waals surface area contributed by atoms with E-state index in [4.69, 9.17) is 29.4 Å². The van der Waals surface area contributed by atoms with E-state index in [1.165, 1.54) is 6.92 Å². The average molecular weight is 428 g/mol. The van der Waals surface area contributed by atoms with Crippen molar-refractivity contribution in [3.8, 4) is 5.88 Å². The summed E-state index contributed by atoms with van der Waals surface area (Å²) < 4.78 is 34.0. The van der Waals surface area contributed by atoms with Crippen LogP contribution in [-0.2, 0) is 23.4 Å². The van der Waals surface area contributed by atoms with Crippen molar-refractivity contribution in [3.05, 3.63) is 6.33 Å². The molecule has 0 spiro atoms. The van der Waals surface area contributed by atoms with Crippen LogP contribution < -0.4 is 10.5 Å². The first-order valence-electron chi connectivity index (χ1n) is 9.09. The molecule has 3 heterocycles. The molecule has 158 valence electrons. The Morgan fingerprint density at radius 2 is 2.28 bits per heavy atom. The van der Waals surface area contributed by atoms with Gasteiger partial charge in [-0.05, 0) is 19.8 Å². The van der Waals surface area contributed by atoms with Crippen molar-refractivity contribution in [3.63, 3.8) is 0 Å². The zero-order chi connectivity index (χ0) is 21.0. The third kappa shape index (κ3) is 5.15. The molecule has 0 radical (unpaired) electrons. The largest absolute Gasteiger partial charge is 0.694 e. The Hall–Kier alpha value is -2.40. The van der Waals surface area contributed by atoms with Gasteiger partial charge in [0.05, 0.1) is 25.6 Å². The number of hydrogen-bond acceptors (Lipinski definition) is 10. The van der Waals surface area contributed by atoms with Crippen LogP contribution in [0.25, 0.3) is 11.2 Å². The summed E-state index contributed by atoms with van der Waals surface area (Å²) in [6.07, 6.45) is 1.68. The highest BCUT2D eigenvalue weighted by Gasteiger charge is 2.39. The number of fused-ring (bicyclic) bond motifs is 1. The van der Waals surface area contributed by atoms with Gasteiger partial charge < -0.3 is 19.9 Å². The van der Waals surface area contributed by atoms with E-state index in [1.54, 1.807) is 10.9 Å². The molecule has 1 fully saturated rings. The summed E-state index contributed by atoms with van der Waals surface area (Å²) in [6.45, 7) is 3.73. The predicted molar refractivity (Wildman–Crippen MR) is 99.9 cm³/mol. The summed E-state index contributed by atoms with van der Waals surface area (Å²) >= 11 is 0.